The van der Waals surface area contributed by atoms with Gasteiger partial charge in [0.15, 0.2) is 6.10 Å². The van der Waals surface area contributed by atoms with E-state index >= 15 is 0 Å². The van der Waals surface area contributed by atoms with E-state index < -0.39 is 12.1 Å². The second-order valence-corrected chi connectivity index (χ2v) is 1.77. The van der Waals surface area contributed by atoms with E-state index in [2.05, 4.69) is 0 Å². The number of allylic oxidation sites excluding steroid dienone is 1. The first-order valence-electron chi connectivity index (χ1n) is 2.63. The molecular formula is C6H10O3. The Balaban J connectivity index is 4.04. The van der Waals surface area contributed by atoms with Crippen molar-refractivity contribution >= 4 is 5.97 Å². The number of carboxylic acid groups (broad SMARTS) is 1. The Morgan fingerprint density at radius 1 is 1.67 bits per heavy atom. The maximum atomic E-state index is 10.0. The Bertz CT molecular complexity index is 137. The van der Waals surface area contributed by atoms with Gasteiger partial charge in [-0.05, 0) is 19.4 Å². The lowest BCUT2D eigenvalue weighted by atomic mass is 10.2. The van der Waals surface area contributed by atoms with Crippen LogP contribution in [0.3, 0.4) is 0 Å². The van der Waals surface area contributed by atoms with Gasteiger partial charge in [0.1, 0.15) is 0 Å². The predicted molar refractivity (Wildman–Crippen MR) is 33.1 cm³/mol. The molecule has 3 nitrogen and oxygen atoms in total. The summed E-state index contributed by atoms with van der Waals surface area (Å²) in [5.74, 6) is -1.20. The van der Waals surface area contributed by atoms with E-state index in [-0.39, 0.29) is 0 Å². The van der Waals surface area contributed by atoms with Gasteiger partial charge in [-0.3, -0.25) is 0 Å². The molecule has 0 fully saturated rings. The molecule has 52 valence electrons. The van der Waals surface area contributed by atoms with E-state index in [9.17, 15) is 4.79 Å². The molecular weight excluding hydrogens is 120 g/mol. The molecule has 9 heavy (non-hydrogen) atoms. The largest absolute Gasteiger partial charge is 0.479 e. The molecule has 3 heteroatoms. The molecule has 1 unspecified atom stereocenters. The van der Waals surface area contributed by atoms with Gasteiger partial charge in [0.25, 0.3) is 0 Å². The number of carbonyl (C=O) groups is 1. The molecule has 0 amide bonds. The van der Waals surface area contributed by atoms with Crippen LogP contribution >= 0.6 is 0 Å². The fraction of sp³-hybridized carbons (Fsp3) is 0.500. The summed E-state index contributed by atoms with van der Waals surface area (Å²) in [6.45, 7) is 3.25. The molecule has 2 N–H and O–H groups in total. The molecule has 0 saturated carbocycles. The highest BCUT2D eigenvalue weighted by atomic mass is 16.4. The van der Waals surface area contributed by atoms with Gasteiger partial charge in [-0.2, -0.15) is 0 Å². The van der Waals surface area contributed by atoms with Crippen LogP contribution in [0.2, 0.25) is 0 Å². The fourth-order valence-electron chi connectivity index (χ4n) is 0.353. The number of hydrogen-bond donors (Lipinski definition) is 2. The molecule has 0 aliphatic rings. The van der Waals surface area contributed by atoms with Crippen LogP contribution in [-0.4, -0.2) is 22.3 Å². The maximum absolute atomic E-state index is 10.0. The second kappa shape index (κ2) is 3.25. The van der Waals surface area contributed by atoms with E-state index in [0.29, 0.717) is 5.57 Å². The summed E-state index contributed by atoms with van der Waals surface area (Å²) in [6, 6.07) is 0. The van der Waals surface area contributed by atoms with Crippen molar-refractivity contribution in [2.45, 2.75) is 20.0 Å². The Morgan fingerprint density at radius 2 is 2.11 bits per heavy atom. The van der Waals surface area contributed by atoms with Crippen LogP contribution in [0.15, 0.2) is 11.6 Å². The standard InChI is InChI=1S/C6H10O3/c1-3-4(2)5(7)6(8)9/h3,5,7H,1-2H3,(H,8,9)/b4-3-. The highest BCUT2D eigenvalue weighted by molar-refractivity contribution is 5.75. The van der Waals surface area contributed by atoms with E-state index in [1.165, 1.54) is 0 Å². The zero-order chi connectivity index (χ0) is 7.44. The van der Waals surface area contributed by atoms with Crippen LogP contribution in [0.1, 0.15) is 13.8 Å². The molecule has 0 aliphatic carbocycles. The molecule has 0 aromatic heterocycles. The first kappa shape index (κ1) is 8.17. The zero-order valence-corrected chi connectivity index (χ0v) is 5.46. The summed E-state index contributed by atoms with van der Waals surface area (Å²) in [6.07, 6.45) is 0.230. The van der Waals surface area contributed by atoms with Crippen molar-refractivity contribution in [3.8, 4) is 0 Å². The Morgan fingerprint density at radius 3 is 2.22 bits per heavy atom. The topological polar surface area (TPSA) is 57.5 Å². The summed E-state index contributed by atoms with van der Waals surface area (Å²) < 4.78 is 0. The number of aliphatic carboxylic acids is 1. The SMILES string of the molecule is C/C=C(/C)C(O)C(=O)O. The van der Waals surface area contributed by atoms with Gasteiger partial charge in [0.05, 0.1) is 0 Å². The molecule has 0 aromatic carbocycles. The molecule has 1 atom stereocenters. The number of carboxylic acids is 1. The lowest BCUT2D eigenvalue weighted by Crippen LogP contribution is -2.20. The Labute approximate surface area is 53.6 Å². The number of aliphatic hydroxyl groups is 1. The molecule has 0 bridgehead atoms. The van der Waals surface area contributed by atoms with Crippen molar-refractivity contribution < 1.29 is 15.0 Å². The molecule has 0 rings (SSSR count). The van der Waals surface area contributed by atoms with E-state index in [1.54, 1.807) is 19.9 Å². The number of rotatable bonds is 2. The summed E-state index contributed by atoms with van der Waals surface area (Å²) in [5, 5.41) is 16.9. The first-order valence-corrected chi connectivity index (χ1v) is 2.63. The monoisotopic (exact) mass is 130 g/mol. The second-order valence-electron chi connectivity index (χ2n) is 1.77. The smallest absolute Gasteiger partial charge is 0.336 e. The van der Waals surface area contributed by atoms with Crippen molar-refractivity contribution in [1.82, 2.24) is 0 Å². The zero-order valence-electron chi connectivity index (χ0n) is 5.46. The quantitative estimate of drug-likeness (QED) is 0.532. The van der Waals surface area contributed by atoms with Gasteiger partial charge in [0.2, 0.25) is 0 Å². The molecule has 0 aromatic rings. The van der Waals surface area contributed by atoms with E-state index in [1.807, 2.05) is 0 Å². The number of aliphatic hydroxyl groups excluding tert-OH is 1. The third-order valence-corrected chi connectivity index (χ3v) is 1.12. The average Bonchev–Trinajstić information content (AvgIpc) is 1.84. The van der Waals surface area contributed by atoms with Gasteiger partial charge in [-0.1, -0.05) is 6.08 Å². The van der Waals surface area contributed by atoms with E-state index in [4.69, 9.17) is 10.2 Å². The van der Waals surface area contributed by atoms with Crippen LogP contribution in [0.25, 0.3) is 0 Å². The third kappa shape index (κ3) is 2.28. The van der Waals surface area contributed by atoms with Gasteiger partial charge < -0.3 is 10.2 Å². The highest BCUT2D eigenvalue weighted by Gasteiger charge is 2.13. The van der Waals surface area contributed by atoms with Crippen molar-refractivity contribution in [3.63, 3.8) is 0 Å². The predicted octanol–water partition coefficient (Wildman–Crippen LogP) is 0.398. The number of hydrogen-bond acceptors (Lipinski definition) is 2. The first-order chi connectivity index (χ1) is 4.09. The summed E-state index contributed by atoms with van der Waals surface area (Å²) in [5.41, 5.74) is 0.461. The average molecular weight is 130 g/mol. The minimum Gasteiger partial charge on any atom is -0.479 e. The minimum absolute atomic E-state index is 0.461. The van der Waals surface area contributed by atoms with Crippen molar-refractivity contribution in [1.29, 1.82) is 0 Å². The molecule has 0 heterocycles. The highest BCUT2D eigenvalue weighted by Crippen LogP contribution is 1.99. The van der Waals surface area contributed by atoms with Gasteiger partial charge in [-0.15, -0.1) is 0 Å². The molecule has 0 spiro atoms. The van der Waals surface area contributed by atoms with Crippen LogP contribution in [0, 0.1) is 0 Å². The Kier molecular flexibility index (Phi) is 2.95. The lowest BCUT2D eigenvalue weighted by Gasteiger charge is -2.02. The van der Waals surface area contributed by atoms with Crippen molar-refractivity contribution in [3.05, 3.63) is 11.6 Å². The molecule has 0 aliphatic heterocycles. The Hall–Kier alpha value is -0.830. The van der Waals surface area contributed by atoms with Crippen molar-refractivity contribution in [2.24, 2.45) is 0 Å². The molecule has 0 saturated heterocycles. The van der Waals surface area contributed by atoms with Gasteiger partial charge in [-0.25, -0.2) is 4.79 Å². The third-order valence-electron chi connectivity index (χ3n) is 1.12. The van der Waals surface area contributed by atoms with Gasteiger partial charge in [0, 0.05) is 0 Å². The van der Waals surface area contributed by atoms with Crippen LogP contribution in [-0.2, 0) is 4.79 Å². The summed E-state index contributed by atoms with van der Waals surface area (Å²) >= 11 is 0. The fourth-order valence-corrected chi connectivity index (χ4v) is 0.353. The summed E-state index contributed by atoms with van der Waals surface area (Å²) in [4.78, 5) is 10.0. The lowest BCUT2D eigenvalue weighted by molar-refractivity contribution is -0.144. The maximum Gasteiger partial charge on any atom is 0.336 e. The van der Waals surface area contributed by atoms with Crippen LogP contribution < -0.4 is 0 Å². The van der Waals surface area contributed by atoms with Crippen molar-refractivity contribution in [2.75, 3.05) is 0 Å². The normalized spacial score (nSPS) is 15.2. The molecule has 0 radical (unpaired) electrons. The summed E-state index contributed by atoms with van der Waals surface area (Å²) in [7, 11) is 0. The van der Waals surface area contributed by atoms with Gasteiger partial charge >= 0.3 is 5.97 Å². The van der Waals surface area contributed by atoms with Crippen LogP contribution in [0.4, 0.5) is 0 Å². The van der Waals surface area contributed by atoms with Crippen LogP contribution in [0.5, 0.6) is 0 Å². The van der Waals surface area contributed by atoms with E-state index in [0.717, 1.165) is 0 Å². The minimum atomic E-state index is -1.34.